The van der Waals surface area contributed by atoms with Gasteiger partial charge >= 0.3 is 0 Å². The van der Waals surface area contributed by atoms with E-state index in [1.807, 2.05) is 48.7 Å². The minimum atomic E-state index is 0.0921. The van der Waals surface area contributed by atoms with Crippen LogP contribution in [-0.4, -0.2) is 12.1 Å². The minimum Gasteiger partial charge on any atom is -0.384 e. The van der Waals surface area contributed by atoms with Gasteiger partial charge in [0.15, 0.2) is 0 Å². The first-order valence-corrected chi connectivity index (χ1v) is 7.98. The molecule has 0 aliphatic carbocycles. The molecule has 19 heavy (non-hydrogen) atoms. The van der Waals surface area contributed by atoms with E-state index in [4.69, 9.17) is 22.7 Å². The SMILES string of the molecule is CSc1cccc(Sc2cccc(Cl)c2)c1C(=N)N. The summed E-state index contributed by atoms with van der Waals surface area (Å²) in [7, 11) is 0. The van der Waals surface area contributed by atoms with E-state index in [0.717, 1.165) is 20.2 Å². The van der Waals surface area contributed by atoms with Crippen LogP contribution < -0.4 is 5.73 Å². The van der Waals surface area contributed by atoms with Gasteiger partial charge in [-0.3, -0.25) is 5.41 Å². The maximum atomic E-state index is 7.75. The van der Waals surface area contributed by atoms with Crippen LogP contribution in [-0.2, 0) is 0 Å². The average Bonchev–Trinajstić information content (AvgIpc) is 2.38. The normalized spacial score (nSPS) is 10.4. The third kappa shape index (κ3) is 3.47. The number of halogens is 1. The van der Waals surface area contributed by atoms with E-state index in [-0.39, 0.29) is 5.84 Å². The van der Waals surface area contributed by atoms with Gasteiger partial charge in [-0.1, -0.05) is 35.5 Å². The fourth-order valence-corrected chi connectivity index (χ4v) is 3.70. The maximum Gasteiger partial charge on any atom is 0.125 e. The lowest BCUT2D eigenvalue weighted by Gasteiger charge is -2.11. The Labute approximate surface area is 126 Å². The quantitative estimate of drug-likeness (QED) is 0.497. The first kappa shape index (κ1) is 14.3. The molecule has 98 valence electrons. The van der Waals surface area contributed by atoms with Crippen LogP contribution in [0.3, 0.4) is 0 Å². The molecule has 0 atom stereocenters. The number of nitrogens with one attached hydrogen (secondary N) is 1. The van der Waals surface area contributed by atoms with Crippen molar-refractivity contribution in [2.45, 2.75) is 14.7 Å². The van der Waals surface area contributed by atoms with Gasteiger partial charge in [-0.25, -0.2) is 0 Å². The second-order valence-electron chi connectivity index (χ2n) is 3.81. The van der Waals surface area contributed by atoms with E-state index in [1.54, 1.807) is 23.5 Å². The molecule has 5 heteroatoms. The van der Waals surface area contributed by atoms with E-state index in [1.165, 1.54) is 0 Å². The highest BCUT2D eigenvalue weighted by Crippen LogP contribution is 2.35. The van der Waals surface area contributed by atoms with Crippen LogP contribution in [0.15, 0.2) is 57.2 Å². The smallest absolute Gasteiger partial charge is 0.125 e. The molecule has 0 aliphatic rings. The molecule has 3 N–H and O–H groups in total. The van der Waals surface area contributed by atoms with Crippen molar-refractivity contribution in [3.63, 3.8) is 0 Å². The Kier molecular flexibility index (Phi) is 4.80. The van der Waals surface area contributed by atoms with Crippen molar-refractivity contribution in [3.8, 4) is 0 Å². The fraction of sp³-hybridized carbons (Fsp3) is 0.0714. The summed E-state index contributed by atoms with van der Waals surface area (Å²) in [6, 6.07) is 13.6. The van der Waals surface area contributed by atoms with E-state index >= 15 is 0 Å². The summed E-state index contributed by atoms with van der Waals surface area (Å²) in [6.45, 7) is 0. The van der Waals surface area contributed by atoms with Crippen molar-refractivity contribution in [1.29, 1.82) is 5.41 Å². The zero-order valence-corrected chi connectivity index (χ0v) is 12.7. The largest absolute Gasteiger partial charge is 0.384 e. The number of hydrogen-bond donors (Lipinski definition) is 2. The van der Waals surface area contributed by atoms with Crippen LogP contribution in [0.5, 0.6) is 0 Å². The van der Waals surface area contributed by atoms with Gasteiger partial charge in [0.25, 0.3) is 0 Å². The average molecular weight is 309 g/mol. The molecule has 0 amide bonds. The fourth-order valence-electron chi connectivity index (χ4n) is 1.69. The van der Waals surface area contributed by atoms with Crippen LogP contribution in [0.2, 0.25) is 5.02 Å². The molecule has 2 aromatic carbocycles. The predicted octanol–water partition coefficient (Wildman–Crippen LogP) is 4.50. The van der Waals surface area contributed by atoms with Crippen LogP contribution in [0, 0.1) is 5.41 Å². The van der Waals surface area contributed by atoms with Crippen molar-refractivity contribution in [1.82, 2.24) is 0 Å². The molecule has 2 nitrogen and oxygen atoms in total. The van der Waals surface area contributed by atoms with Crippen LogP contribution in [0.1, 0.15) is 5.56 Å². The Morgan fingerprint density at radius 3 is 2.47 bits per heavy atom. The highest BCUT2D eigenvalue weighted by Gasteiger charge is 2.12. The predicted molar refractivity (Wildman–Crippen MR) is 84.8 cm³/mol. The van der Waals surface area contributed by atoms with Gasteiger partial charge in [0.1, 0.15) is 5.84 Å². The summed E-state index contributed by atoms with van der Waals surface area (Å²) in [5.74, 6) is 0.0921. The van der Waals surface area contributed by atoms with Crippen molar-refractivity contribution in [2.75, 3.05) is 6.26 Å². The van der Waals surface area contributed by atoms with Crippen molar-refractivity contribution in [3.05, 3.63) is 53.1 Å². The molecule has 0 unspecified atom stereocenters. The highest BCUT2D eigenvalue weighted by molar-refractivity contribution is 8.00. The molecule has 0 saturated carbocycles. The minimum absolute atomic E-state index is 0.0921. The van der Waals surface area contributed by atoms with Crippen LogP contribution >= 0.6 is 35.1 Å². The van der Waals surface area contributed by atoms with Crippen LogP contribution in [0.25, 0.3) is 0 Å². The molecule has 0 radical (unpaired) electrons. The molecule has 0 heterocycles. The summed E-state index contributed by atoms with van der Waals surface area (Å²) in [5.41, 5.74) is 6.50. The topological polar surface area (TPSA) is 49.9 Å². The first-order valence-electron chi connectivity index (χ1n) is 5.56. The number of amidine groups is 1. The third-order valence-electron chi connectivity index (χ3n) is 2.50. The van der Waals surface area contributed by atoms with Gasteiger partial charge in [0.05, 0.1) is 0 Å². The first-order chi connectivity index (χ1) is 9.11. The van der Waals surface area contributed by atoms with Gasteiger partial charge in [-0.05, 0) is 36.6 Å². The van der Waals surface area contributed by atoms with Crippen LogP contribution in [0.4, 0.5) is 0 Å². The molecule has 2 rings (SSSR count). The number of nitrogens with two attached hydrogens (primary N) is 1. The number of thioether (sulfide) groups is 1. The van der Waals surface area contributed by atoms with E-state index in [9.17, 15) is 0 Å². The second-order valence-corrected chi connectivity index (χ2v) is 6.21. The summed E-state index contributed by atoms with van der Waals surface area (Å²) in [6.07, 6.45) is 1.98. The van der Waals surface area contributed by atoms with Crippen molar-refractivity contribution >= 4 is 41.0 Å². The Balaban J connectivity index is 2.42. The van der Waals surface area contributed by atoms with Gasteiger partial charge in [0, 0.05) is 25.3 Å². The van der Waals surface area contributed by atoms with Gasteiger partial charge in [-0.2, -0.15) is 0 Å². The lowest BCUT2D eigenvalue weighted by molar-refractivity contribution is 1.25. The number of nitrogen functional groups attached to an aromatic ring is 1. The Hall–Kier alpha value is -1.10. The Bertz CT molecular complexity index is 614. The summed E-state index contributed by atoms with van der Waals surface area (Å²) >= 11 is 9.15. The summed E-state index contributed by atoms with van der Waals surface area (Å²) < 4.78 is 0. The highest BCUT2D eigenvalue weighted by atomic mass is 35.5. The standard InChI is InChI=1S/C14H13ClN2S2/c1-18-11-6-3-7-12(13(11)14(16)17)19-10-5-2-4-9(15)8-10/h2-8H,1H3,(H3,16,17). The molecule has 0 aromatic heterocycles. The van der Waals surface area contributed by atoms with Gasteiger partial charge in [0.2, 0.25) is 0 Å². The number of benzene rings is 2. The Morgan fingerprint density at radius 1 is 1.16 bits per heavy atom. The summed E-state index contributed by atoms with van der Waals surface area (Å²) in [4.78, 5) is 3.02. The second kappa shape index (κ2) is 6.37. The summed E-state index contributed by atoms with van der Waals surface area (Å²) in [5, 5.41) is 8.46. The molecule has 0 saturated heterocycles. The zero-order chi connectivity index (χ0) is 13.8. The maximum absolute atomic E-state index is 7.75. The number of hydrogen-bond acceptors (Lipinski definition) is 3. The van der Waals surface area contributed by atoms with Crippen molar-refractivity contribution < 1.29 is 0 Å². The molecule has 2 aromatic rings. The number of rotatable bonds is 4. The lowest BCUT2D eigenvalue weighted by atomic mass is 10.2. The molecule has 0 bridgehead atoms. The van der Waals surface area contributed by atoms with Gasteiger partial charge < -0.3 is 5.73 Å². The van der Waals surface area contributed by atoms with E-state index in [0.29, 0.717) is 5.02 Å². The molecular formula is C14H13ClN2S2. The molecular weight excluding hydrogens is 296 g/mol. The van der Waals surface area contributed by atoms with Crippen molar-refractivity contribution in [2.24, 2.45) is 5.73 Å². The van der Waals surface area contributed by atoms with Gasteiger partial charge in [-0.15, -0.1) is 11.8 Å². The molecule has 0 aliphatic heterocycles. The zero-order valence-electron chi connectivity index (χ0n) is 10.3. The van der Waals surface area contributed by atoms with E-state index < -0.39 is 0 Å². The monoisotopic (exact) mass is 308 g/mol. The third-order valence-corrected chi connectivity index (χ3v) is 4.57. The molecule has 0 spiro atoms. The molecule has 0 fully saturated rings. The Morgan fingerprint density at radius 2 is 1.84 bits per heavy atom. The van der Waals surface area contributed by atoms with E-state index in [2.05, 4.69) is 0 Å². The lowest BCUT2D eigenvalue weighted by Crippen LogP contribution is -2.13.